The van der Waals surface area contributed by atoms with Gasteiger partial charge in [-0.15, -0.1) is 6.58 Å². The topological polar surface area (TPSA) is 134 Å². The van der Waals surface area contributed by atoms with Crippen molar-refractivity contribution in [2.75, 3.05) is 91.4 Å². The minimum atomic E-state index is -0.000113. The smallest absolute Gasteiger partial charge is 0.123 e. The van der Waals surface area contributed by atoms with Crippen LogP contribution in [0.5, 0.6) is 0 Å². The minimum absolute atomic E-state index is 0.000113. The number of pyridine rings is 2. The first-order valence-electron chi connectivity index (χ1n) is 29.6. The van der Waals surface area contributed by atoms with Gasteiger partial charge in [0, 0.05) is 95.2 Å². The second-order valence-corrected chi connectivity index (χ2v) is 22.3. The number of hydrazine groups is 1. The lowest BCUT2D eigenvalue weighted by molar-refractivity contribution is -0.293. The number of nitrogens with two attached hydrogens (primary N) is 1. The van der Waals surface area contributed by atoms with Crippen LogP contribution in [-0.2, 0) is 16.3 Å². The van der Waals surface area contributed by atoms with Crippen LogP contribution in [0.15, 0.2) is 103 Å². The molecule has 5 saturated heterocycles. The largest absolute Gasteiger partial charge is 0.384 e. The number of anilines is 1. The molecule has 7 heterocycles. The highest BCUT2D eigenvalue weighted by Crippen LogP contribution is 2.34. The number of benzene rings is 2. The van der Waals surface area contributed by atoms with Crippen LogP contribution in [0.1, 0.15) is 151 Å². The molecule has 5 fully saturated rings. The van der Waals surface area contributed by atoms with E-state index < -0.39 is 0 Å². The Kier molecular flexibility index (Phi) is 25.2. The first-order chi connectivity index (χ1) is 37.8. The van der Waals surface area contributed by atoms with Gasteiger partial charge in [-0.25, -0.2) is 25.2 Å². The molecule has 4 atom stereocenters. The lowest BCUT2D eigenvalue weighted by Crippen LogP contribution is -2.48. The lowest BCUT2D eigenvalue weighted by atomic mass is 9.82. The van der Waals surface area contributed by atoms with Gasteiger partial charge in [0.25, 0.3) is 0 Å². The van der Waals surface area contributed by atoms with E-state index in [1.165, 1.54) is 45.5 Å². The van der Waals surface area contributed by atoms with E-state index in [4.69, 9.17) is 20.9 Å². The number of nitrogen functional groups attached to an aromatic ring is 1. The summed E-state index contributed by atoms with van der Waals surface area (Å²) in [6.07, 6.45) is 17.0. The van der Waals surface area contributed by atoms with Gasteiger partial charge in [-0.05, 0) is 174 Å². The molecule has 78 heavy (non-hydrogen) atoms. The highest BCUT2D eigenvalue weighted by molar-refractivity contribution is 5.90. The van der Waals surface area contributed by atoms with Crippen LogP contribution < -0.4 is 16.5 Å². The Hall–Kier alpha value is -5.09. The summed E-state index contributed by atoms with van der Waals surface area (Å²) >= 11 is 0. The Balaban J connectivity index is 0.00000116. The van der Waals surface area contributed by atoms with Crippen LogP contribution in [0, 0.1) is 31.1 Å². The van der Waals surface area contributed by atoms with E-state index in [9.17, 15) is 0 Å². The van der Waals surface area contributed by atoms with Crippen molar-refractivity contribution in [3.8, 4) is 11.1 Å². The van der Waals surface area contributed by atoms with Gasteiger partial charge in [0.2, 0.25) is 0 Å². The molecule has 0 spiro atoms. The quantitative estimate of drug-likeness (QED) is 0.0414. The summed E-state index contributed by atoms with van der Waals surface area (Å²) in [4.78, 5) is 29.8. The SMILES string of the molecule is C/C(=C\c1c(-c2ccc(N)nc2)ccnc1C)CN1CCC(c2ccc(C3NC(/C=C\C(=N)N4CCC(CN5CCN(Cc6ccc(C)c(C(C)C7CCCOOC7)c6)CC5)CC4)N(C)N3)cc2)CC1.C=C(C)C.CC.CC. The van der Waals surface area contributed by atoms with E-state index in [1.54, 1.807) is 0 Å². The number of piperazine rings is 1. The van der Waals surface area contributed by atoms with E-state index in [-0.39, 0.29) is 12.3 Å². The molecule has 5 N–H and O–H groups in total. The number of piperidine rings is 2. The summed E-state index contributed by atoms with van der Waals surface area (Å²) < 4.78 is 0. The summed E-state index contributed by atoms with van der Waals surface area (Å²) in [5, 5.41) is 14.8. The Bertz CT molecular complexity index is 2490. The zero-order valence-corrected chi connectivity index (χ0v) is 49.8. The highest BCUT2D eigenvalue weighted by Gasteiger charge is 2.30. The molecule has 5 aliphatic rings. The molecule has 4 aromatic rings. The van der Waals surface area contributed by atoms with Crippen LogP contribution in [0.4, 0.5) is 5.82 Å². The van der Waals surface area contributed by atoms with Crippen molar-refractivity contribution in [3.63, 3.8) is 0 Å². The molecule has 426 valence electrons. The highest BCUT2D eigenvalue weighted by atomic mass is 17.2. The molecule has 0 amide bonds. The molecule has 4 unspecified atom stereocenters. The minimum Gasteiger partial charge on any atom is -0.384 e. The third kappa shape index (κ3) is 18.2. The van der Waals surface area contributed by atoms with Crippen LogP contribution in [0.3, 0.4) is 0 Å². The van der Waals surface area contributed by atoms with Gasteiger partial charge in [-0.1, -0.05) is 94.3 Å². The summed E-state index contributed by atoms with van der Waals surface area (Å²) in [6, 6.07) is 22.3. The van der Waals surface area contributed by atoms with Gasteiger partial charge in [-0.2, -0.15) is 0 Å². The number of amidine groups is 1. The number of nitrogens with zero attached hydrogens (tertiary/aromatic N) is 7. The molecule has 0 aliphatic carbocycles. The summed E-state index contributed by atoms with van der Waals surface area (Å²) in [5.74, 6) is 3.36. The number of likely N-dealkylation sites (N-methyl/N-ethyl adjacent to an activating group) is 1. The lowest BCUT2D eigenvalue weighted by Gasteiger charge is -2.39. The summed E-state index contributed by atoms with van der Waals surface area (Å²) in [6.45, 7) is 37.5. The molecule has 13 heteroatoms. The Morgan fingerprint density at radius 1 is 0.821 bits per heavy atom. The predicted octanol–water partition coefficient (Wildman–Crippen LogP) is 12.1. The molecule has 0 bridgehead atoms. The fourth-order valence-corrected chi connectivity index (χ4v) is 11.6. The van der Waals surface area contributed by atoms with Crippen LogP contribution >= 0.6 is 0 Å². The molecular weight excluding hydrogens is 967 g/mol. The number of likely N-dealkylation sites (tertiary alicyclic amines) is 2. The number of hydrogen-bond donors (Lipinski definition) is 4. The molecule has 2 aromatic heterocycles. The number of aryl methyl sites for hydroxylation is 2. The van der Waals surface area contributed by atoms with Gasteiger partial charge in [0.05, 0.1) is 25.5 Å². The van der Waals surface area contributed by atoms with Crippen molar-refractivity contribution in [2.45, 2.75) is 138 Å². The van der Waals surface area contributed by atoms with Crippen LogP contribution in [0.25, 0.3) is 17.2 Å². The Morgan fingerprint density at radius 2 is 1.50 bits per heavy atom. The molecule has 2 aromatic carbocycles. The van der Waals surface area contributed by atoms with E-state index in [1.807, 2.05) is 72.1 Å². The summed E-state index contributed by atoms with van der Waals surface area (Å²) in [5.41, 5.74) is 23.3. The number of hydrogen-bond acceptors (Lipinski definition) is 12. The van der Waals surface area contributed by atoms with Gasteiger partial charge in [-0.3, -0.25) is 25.5 Å². The van der Waals surface area contributed by atoms with Gasteiger partial charge in [0.1, 0.15) is 11.7 Å². The monoisotopic (exact) mass is 1070 g/mol. The molecule has 0 saturated carbocycles. The molecule has 13 nitrogen and oxygen atoms in total. The third-order valence-corrected chi connectivity index (χ3v) is 16.1. The number of aromatic nitrogens is 2. The van der Waals surface area contributed by atoms with E-state index in [2.05, 4.69) is 147 Å². The van der Waals surface area contributed by atoms with Crippen molar-refractivity contribution in [2.24, 2.45) is 11.8 Å². The number of allylic oxidation sites excluding steroid dienone is 1. The van der Waals surface area contributed by atoms with Crippen molar-refractivity contribution >= 4 is 17.7 Å². The maximum absolute atomic E-state index is 8.96. The fraction of sp³-hybridized carbons (Fsp3) is 0.554. The first kappa shape index (κ1) is 62.1. The average molecular weight is 1070 g/mol. The van der Waals surface area contributed by atoms with Crippen molar-refractivity contribution in [1.29, 1.82) is 5.41 Å². The zero-order chi connectivity index (χ0) is 56.1. The second-order valence-electron chi connectivity index (χ2n) is 22.3. The maximum Gasteiger partial charge on any atom is 0.123 e. The van der Waals surface area contributed by atoms with Crippen LogP contribution in [0.2, 0.25) is 0 Å². The van der Waals surface area contributed by atoms with Crippen molar-refractivity contribution in [1.82, 2.24) is 45.3 Å². The average Bonchev–Trinajstić information content (AvgIpc) is 3.62. The molecule has 5 aliphatic heterocycles. The van der Waals surface area contributed by atoms with Gasteiger partial charge >= 0.3 is 0 Å². The number of rotatable bonds is 14. The third-order valence-electron chi connectivity index (χ3n) is 16.1. The van der Waals surface area contributed by atoms with E-state index in [0.717, 1.165) is 126 Å². The molecular formula is C65H99N11O2. The normalized spacial score (nSPS) is 21.9. The summed E-state index contributed by atoms with van der Waals surface area (Å²) in [7, 11) is 2.08. The van der Waals surface area contributed by atoms with E-state index >= 15 is 0 Å². The first-order valence-corrected chi connectivity index (χ1v) is 29.6. The van der Waals surface area contributed by atoms with Gasteiger partial charge in [0.15, 0.2) is 0 Å². The van der Waals surface area contributed by atoms with E-state index in [0.29, 0.717) is 48.5 Å². The standard InChI is InChI=1S/C57H79N11O2.C4H8.2C2H6/c1-40(33-53-43(4)60-23-18-51(53)49-14-15-54(58)61-35-49)36-65-24-21-47(22-25-65)46-10-12-48(13-11-46)57-62-56(64(5)63-57)17-16-55(59)68-26-19-44(20-27-68)37-66-28-30-67(31-29-66)38-45-9-8-41(2)52(34-45)42(3)50-7-6-32-69-70-39-50;1-4(2)3;2*1-2/h8-18,23,33-35,42,44,47,50,56-57,59,62-63H,6-7,19-22,24-32,36-39H2,1-5H3,(H2,58,61);1H2,2-3H3;2*1-2H3/b17-16-,40-33+,59-55?;;;. The Labute approximate surface area is 471 Å². The van der Waals surface area contributed by atoms with Crippen molar-refractivity contribution in [3.05, 3.63) is 142 Å². The number of nitrogens with one attached hydrogen (secondary N) is 3. The zero-order valence-electron chi connectivity index (χ0n) is 49.8. The molecule has 0 radical (unpaired) electrons. The fourth-order valence-electron chi connectivity index (χ4n) is 11.6. The Morgan fingerprint density at radius 3 is 2.18 bits per heavy atom. The van der Waals surface area contributed by atoms with Crippen molar-refractivity contribution < 1.29 is 9.78 Å². The maximum atomic E-state index is 8.96. The molecule has 9 rings (SSSR count). The van der Waals surface area contributed by atoms with Crippen LogP contribution in [-0.4, -0.2) is 132 Å². The second kappa shape index (κ2) is 31.6. The van der Waals surface area contributed by atoms with Gasteiger partial charge < -0.3 is 15.5 Å². The predicted molar refractivity (Wildman–Crippen MR) is 326 cm³/mol.